The molecule has 1 N–H and O–H groups in total. The molecule has 0 saturated carbocycles. The quantitative estimate of drug-likeness (QED) is 0.751. The number of carbonyl (C=O) groups is 1. The normalized spacial score (nSPS) is 10.4. The van der Waals surface area contributed by atoms with Crippen LogP contribution in [0.3, 0.4) is 0 Å². The number of methoxy groups -OCH3 is 1. The van der Waals surface area contributed by atoms with Crippen molar-refractivity contribution < 1.29 is 19.0 Å². The molecule has 0 spiro atoms. The van der Waals surface area contributed by atoms with Gasteiger partial charge in [-0.3, -0.25) is 0 Å². The molecule has 0 amide bonds. The lowest BCUT2D eigenvalue weighted by molar-refractivity contribution is 0.0595. The average Bonchev–Trinajstić information content (AvgIpc) is 2.33. The van der Waals surface area contributed by atoms with E-state index in [0.717, 1.165) is 7.11 Å². The maximum absolute atomic E-state index is 13.6. The Hall–Kier alpha value is -2.10. The molecule has 0 aliphatic rings. The lowest BCUT2D eigenvalue weighted by atomic mass is 10.1. The predicted octanol–water partition coefficient (Wildman–Crippen LogP) is 2.47. The van der Waals surface area contributed by atoms with Gasteiger partial charge >= 0.3 is 5.97 Å². The minimum absolute atomic E-state index is 0.265. The average molecular weight is 220 g/mol. The summed E-state index contributed by atoms with van der Waals surface area (Å²) in [5, 5.41) is 10.6. The van der Waals surface area contributed by atoms with Crippen LogP contribution < -0.4 is 0 Å². The number of esters is 1. The van der Waals surface area contributed by atoms with Crippen LogP contribution in [-0.2, 0) is 4.74 Å². The van der Waals surface area contributed by atoms with Crippen LogP contribution in [-0.4, -0.2) is 18.2 Å². The Morgan fingerprint density at radius 1 is 1.38 bits per heavy atom. The number of phenols is 1. The number of carbonyl (C=O) groups excluding carboxylic acids is 1. The molecule has 4 heteroatoms. The van der Waals surface area contributed by atoms with Crippen LogP contribution in [0.15, 0.2) is 30.3 Å². The van der Waals surface area contributed by atoms with Crippen molar-refractivity contribution in [2.24, 2.45) is 0 Å². The van der Waals surface area contributed by atoms with Gasteiger partial charge in [0.05, 0.1) is 12.7 Å². The number of halogens is 1. The molecule has 16 heavy (non-hydrogen) atoms. The van der Waals surface area contributed by atoms with Gasteiger partial charge in [0.2, 0.25) is 0 Å². The first-order valence-corrected chi connectivity index (χ1v) is 4.63. The van der Waals surface area contributed by atoms with Crippen LogP contribution in [0.4, 0.5) is 4.39 Å². The van der Waals surface area contributed by atoms with E-state index in [1.54, 1.807) is 24.3 Å². The van der Waals surface area contributed by atoms with Crippen molar-refractivity contribution in [3.63, 3.8) is 0 Å². The Kier molecular flexibility index (Phi) is 2.48. The van der Waals surface area contributed by atoms with Crippen molar-refractivity contribution in [3.05, 3.63) is 41.7 Å². The monoisotopic (exact) mass is 220 g/mol. The van der Waals surface area contributed by atoms with E-state index >= 15 is 0 Å². The Balaban J connectivity index is 2.78. The summed E-state index contributed by atoms with van der Waals surface area (Å²) in [6, 6.07) is 8.03. The summed E-state index contributed by atoms with van der Waals surface area (Å²) in [6.45, 7) is 0. The molecule has 0 radical (unpaired) electrons. The van der Waals surface area contributed by atoms with Gasteiger partial charge in [0.1, 0.15) is 0 Å². The summed E-state index contributed by atoms with van der Waals surface area (Å²) in [6.07, 6.45) is 0. The molecule has 0 atom stereocenters. The van der Waals surface area contributed by atoms with Crippen molar-refractivity contribution in [1.82, 2.24) is 0 Å². The maximum atomic E-state index is 13.6. The van der Waals surface area contributed by atoms with E-state index in [1.165, 1.54) is 6.07 Å². The number of aromatic hydroxyl groups is 1. The van der Waals surface area contributed by atoms with Crippen molar-refractivity contribution >= 4 is 16.7 Å². The lowest BCUT2D eigenvalue weighted by Crippen LogP contribution is -2.04. The zero-order valence-electron chi connectivity index (χ0n) is 8.53. The fourth-order valence-electron chi connectivity index (χ4n) is 1.56. The third kappa shape index (κ3) is 1.48. The molecule has 0 unspecified atom stereocenters. The van der Waals surface area contributed by atoms with E-state index in [-0.39, 0.29) is 5.56 Å². The van der Waals surface area contributed by atoms with E-state index in [4.69, 9.17) is 0 Å². The maximum Gasteiger partial charge on any atom is 0.341 e. The topological polar surface area (TPSA) is 46.5 Å². The van der Waals surface area contributed by atoms with Gasteiger partial charge in [-0.15, -0.1) is 0 Å². The van der Waals surface area contributed by atoms with Gasteiger partial charge in [0, 0.05) is 5.39 Å². The molecule has 0 heterocycles. The van der Waals surface area contributed by atoms with Gasteiger partial charge < -0.3 is 9.84 Å². The van der Waals surface area contributed by atoms with E-state index in [1.807, 2.05) is 0 Å². The molecular weight excluding hydrogens is 211 g/mol. The summed E-state index contributed by atoms with van der Waals surface area (Å²) >= 11 is 0. The Morgan fingerprint density at radius 2 is 2.06 bits per heavy atom. The fourth-order valence-corrected chi connectivity index (χ4v) is 1.56. The van der Waals surface area contributed by atoms with Crippen LogP contribution in [0.25, 0.3) is 10.8 Å². The minimum atomic E-state index is -0.953. The fraction of sp³-hybridized carbons (Fsp3) is 0.0833. The van der Waals surface area contributed by atoms with Gasteiger partial charge in [0.25, 0.3) is 0 Å². The third-order valence-electron chi connectivity index (χ3n) is 2.37. The second-order valence-electron chi connectivity index (χ2n) is 3.30. The molecular formula is C12H9FO3. The van der Waals surface area contributed by atoms with Crippen LogP contribution >= 0.6 is 0 Å². The van der Waals surface area contributed by atoms with Crippen LogP contribution in [0.2, 0.25) is 0 Å². The summed E-state index contributed by atoms with van der Waals surface area (Å²) in [5.74, 6) is -2.29. The molecule has 0 aromatic heterocycles. The second-order valence-corrected chi connectivity index (χ2v) is 3.30. The highest BCUT2D eigenvalue weighted by Crippen LogP contribution is 2.30. The molecule has 2 rings (SSSR count). The number of hydrogen-bond donors (Lipinski definition) is 1. The van der Waals surface area contributed by atoms with Crippen molar-refractivity contribution in [3.8, 4) is 5.75 Å². The van der Waals surface area contributed by atoms with E-state index in [0.29, 0.717) is 10.8 Å². The Morgan fingerprint density at radius 3 is 2.75 bits per heavy atom. The number of fused-ring (bicyclic) bond motifs is 1. The highest BCUT2D eigenvalue weighted by atomic mass is 19.1. The van der Waals surface area contributed by atoms with Gasteiger partial charge in [-0.25, -0.2) is 9.18 Å². The zero-order chi connectivity index (χ0) is 11.7. The summed E-state index contributed by atoms with van der Waals surface area (Å²) in [4.78, 5) is 11.3. The van der Waals surface area contributed by atoms with Gasteiger partial charge in [-0.2, -0.15) is 0 Å². The largest absolute Gasteiger partial charge is 0.504 e. The number of hydrogen-bond acceptors (Lipinski definition) is 3. The molecule has 82 valence electrons. The van der Waals surface area contributed by atoms with Crippen molar-refractivity contribution in [1.29, 1.82) is 0 Å². The number of rotatable bonds is 1. The lowest BCUT2D eigenvalue weighted by Gasteiger charge is -2.06. The smallest absolute Gasteiger partial charge is 0.341 e. The molecule has 0 fully saturated rings. The van der Waals surface area contributed by atoms with Gasteiger partial charge in [0.15, 0.2) is 11.6 Å². The Labute approximate surface area is 91.1 Å². The Bertz CT molecular complexity index is 563. The SMILES string of the molecule is COC(=O)c1cc2ccccc2c(O)c1F. The predicted molar refractivity (Wildman–Crippen MR) is 56.9 cm³/mol. The van der Waals surface area contributed by atoms with E-state index in [2.05, 4.69) is 4.74 Å². The first-order valence-electron chi connectivity index (χ1n) is 4.63. The highest BCUT2D eigenvalue weighted by molar-refractivity contribution is 5.98. The molecule has 0 aliphatic heterocycles. The van der Waals surface area contributed by atoms with E-state index in [9.17, 15) is 14.3 Å². The molecule has 2 aromatic carbocycles. The van der Waals surface area contributed by atoms with Crippen LogP contribution in [0.1, 0.15) is 10.4 Å². The van der Waals surface area contributed by atoms with Gasteiger partial charge in [-0.05, 0) is 11.5 Å². The molecule has 3 nitrogen and oxygen atoms in total. The molecule has 0 bridgehead atoms. The van der Waals surface area contributed by atoms with Crippen molar-refractivity contribution in [2.75, 3.05) is 7.11 Å². The number of benzene rings is 2. The summed E-state index contributed by atoms with van der Waals surface area (Å²) in [7, 11) is 1.16. The summed E-state index contributed by atoms with van der Waals surface area (Å²) < 4.78 is 18.0. The first-order chi connectivity index (χ1) is 7.65. The zero-order valence-corrected chi connectivity index (χ0v) is 8.53. The number of phenolic OH excluding ortho intramolecular Hbond substituents is 1. The highest BCUT2D eigenvalue weighted by Gasteiger charge is 2.18. The second kappa shape index (κ2) is 3.81. The number of ether oxygens (including phenoxy) is 1. The van der Waals surface area contributed by atoms with Crippen molar-refractivity contribution in [2.45, 2.75) is 0 Å². The standard InChI is InChI=1S/C12H9FO3/c1-16-12(15)9-6-7-4-2-3-5-8(7)11(14)10(9)13/h2-6,14H,1H3. The molecule has 2 aromatic rings. The minimum Gasteiger partial charge on any atom is -0.504 e. The van der Waals surface area contributed by atoms with Crippen LogP contribution in [0, 0.1) is 5.82 Å². The third-order valence-corrected chi connectivity index (χ3v) is 2.37. The van der Waals surface area contributed by atoms with Gasteiger partial charge in [-0.1, -0.05) is 24.3 Å². The molecule has 0 saturated heterocycles. The molecule has 0 aliphatic carbocycles. The summed E-state index contributed by atoms with van der Waals surface area (Å²) in [5.41, 5.74) is -0.265. The first kappa shape index (κ1) is 10.4. The van der Waals surface area contributed by atoms with Crippen LogP contribution in [0.5, 0.6) is 5.75 Å². The van der Waals surface area contributed by atoms with E-state index < -0.39 is 17.5 Å².